The molecule has 2 saturated heterocycles. The molecule has 2 aromatic heterocycles. The van der Waals surface area contributed by atoms with E-state index in [0.717, 1.165) is 30.8 Å². The zero-order chi connectivity index (χ0) is 28.7. The Balaban J connectivity index is 1.38. The number of likely N-dealkylation sites (N-methyl/N-ethyl adjacent to an activating group) is 1. The fourth-order valence-electron chi connectivity index (χ4n) is 6.42. The molecule has 0 bridgehead atoms. The standard InChI is InChI=1S/C28H34F3N9O/c1-17-12-22-21(13-34-37-22)25(24(17)28(29,30)31)39-10-6-20-23(15-39)35-27(41-16-19-4-3-9-38(19)2)36-26(20)40-11-8-33-18(14-40)5-7-32/h12-13,18-19,33H,3-6,8-11,14-16H2,1-2H3,(H,34,37)/t18-,19-/m0/s1. The molecule has 6 rings (SSSR count). The molecule has 0 aliphatic carbocycles. The molecule has 0 unspecified atom stereocenters. The van der Waals surface area contributed by atoms with Crippen LogP contribution in [-0.2, 0) is 19.1 Å². The Kier molecular flexibility index (Phi) is 7.37. The van der Waals surface area contributed by atoms with Gasteiger partial charge >= 0.3 is 12.2 Å². The van der Waals surface area contributed by atoms with Crippen LogP contribution in [0.3, 0.4) is 0 Å². The Bertz CT molecular complexity index is 1470. The zero-order valence-electron chi connectivity index (χ0n) is 23.3. The predicted octanol–water partition coefficient (Wildman–Crippen LogP) is 3.41. The molecular weight excluding hydrogens is 535 g/mol. The van der Waals surface area contributed by atoms with Crippen molar-refractivity contribution in [2.75, 3.05) is 56.2 Å². The highest BCUT2D eigenvalue weighted by atomic mass is 19.4. The average Bonchev–Trinajstić information content (AvgIpc) is 3.58. The summed E-state index contributed by atoms with van der Waals surface area (Å²) in [5, 5.41) is 19.9. The molecule has 0 spiro atoms. The highest BCUT2D eigenvalue weighted by molar-refractivity contribution is 5.95. The number of hydrogen-bond donors (Lipinski definition) is 2. The van der Waals surface area contributed by atoms with Crippen molar-refractivity contribution in [3.05, 3.63) is 34.6 Å². The molecule has 1 aromatic carbocycles. The Labute approximate surface area is 236 Å². The third-order valence-corrected chi connectivity index (χ3v) is 8.51. The lowest BCUT2D eigenvalue weighted by molar-refractivity contribution is -0.137. The molecule has 0 radical (unpaired) electrons. The van der Waals surface area contributed by atoms with Gasteiger partial charge in [-0.25, -0.2) is 0 Å². The normalized spacial score (nSPS) is 21.8. The highest BCUT2D eigenvalue weighted by Crippen LogP contribution is 2.44. The van der Waals surface area contributed by atoms with Crippen molar-refractivity contribution >= 4 is 22.4 Å². The van der Waals surface area contributed by atoms with Crippen LogP contribution in [0.1, 0.15) is 41.6 Å². The third kappa shape index (κ3) is 5.38. The number of H-pyrrole nitrogens is 1. The first-order chi connectivity index (χ1) is 19.7. The summed E-state index contributed by atoms with van der Waals surface area (Å²) in [6.07, 6.45) is -0.0681. The smallest absolute Gasteiger partial charge is 0.418 e. The summed E-state index contributed by atoms with van der Waals surface area (Å²) in [6, 6.07) is 4.26. The van der Waals surface area contributed by atoms with E-state index in [1.54, 1.807) is 4.90 Å². The molecule has 41 heavy (non-hydrogen) atoms. The van der Waals surface area contributed by atoms with Gasteiger partial charge in [0.15, 0.2) is 0 Å². The van der Waals surface area contributed by atoms with Crippen molar-refractivity contribution in [2.45, 2.75) is 57.4 Å². The number of benzene rings is 1. The van der Waals surface area contributed by atoms with Crippen molar-refractivity contribution in [1.82, 2.24) is 30.4 Å². The van der Waals surface area contributed by atoms with Crippen LogP contribution in [0.25, 0.3) is 10.9 Å². The monoisotopic (exact) mass is 569 g/mol. The lowest BCUT2D eigenvalue weighted by Gasteiger charge is -2.38. The minimum Gasteiger partial charge on any atom is -0.462 e. The molecule has 0 saturated carbocycles. The second-order valence-corrected chi connectivity index (χ2v) is 11.2. The number of hydrogen-bond acceptors (Lipinski definition) is 9. The van der Waals surface area contributed by atoms with Crippen molar-refractivity contribution in [3.63, 3.8) is 0 Å². The maximum absolute atomic E-state index is 14.4. The molecule has 3 aliphatic rings. The minimum absolute atomic E-state index is 0.00646. The number of nitriles is 1. The summed E-state index contributed by atoms with van der Waals surface area (Å²) in [4.78, 5) is 15.8. The maximum atomic E-state index is 14.4. The topological polar surface area (TPSA) is 109 Å². The van der Waals surface area contributed by atoms with Gasteiger partial charge in [-0.3, -0.25) is 5.10 Å². The number of halogens is 3. The highest BCUT2D eigenvalue weighted by Gasteiger charge is 2.39. The number of piperazine rings is 1. The van der Waals surface area contributed by atoms with E-state index in [1.807, 2.05) is 0 Å². The van der Waals surface area contributed by atoms with Gasteiger partial charge in [-0.2, -0.15) is 33.5 Å². The van der Waals surface area contributed by atoms with E-state index in [-0.39, 0.29) is 35.9 Å². The summed E-state index contributed by atoms with van der Waals surface area (Å²) in [6.45, 7) is 5.52. The van der Waals surface area contributed by atoms with E-state index in [2.05, 4.69) is 38.4 Å². The molecular formula is C28H34F3N9O. The van der Waals surface area contributed by atoms with Crippen LogP contribution in [0.4, 0.5) is 24.7 Å². The first-order valence-corrected chi connectivity index (χ1v) is 14.1. The Morgan fingerprint density at radius 3 is 2.80 bits per heavy atom. The number of aromatic amines is 1. The summed E-state index contributed by atoms with van der Waals surface area (Å²) >= 11 is 0. The molecule has 0 amide bonds. The van der Waals surface area contributed by atoms with E-state index >= 15 is 0 Å². The van der Waals surface area contributed by atoms with Crippen LogP contribution in [0.15, 0.2) is 12.3 Å². The molecule has 5 heterocycles. The van der Waals surface area contributed by atoms with Crippen molar-refractivity contribution in [1.29, 1.82) is 5.26 Å². The third-order valence-electron chi connectivity index (χ3n) is 8.51. The van der Waals surface area contributed by atoms with Gasteiger partial charge in [0, 0.05) is 49.2 Å². The molecule has 13 heteroatoms. The number of alkyl halides is 3. The van der Waals surface area contributed by atoms with Gasteiger partial charge in [-0.1, -0.05) is 0 Å². The van der Waals surface area contributed by atoms with Gasteiger partial charge in [0.1, 0.15) is 12.4 Å². The first kappa shape index (κ1) is 27.5. The number of nitrogens with zero attached hydrogens (tertiary/aromatic N) is 7. The summed E-state index contributed by atoms with van der Waals surface area (Å²) < 4.78 is 49.4. The number of rotatable bonds is 6. The van der Waals surface area contributed by atoms with Crippen LogP contribution >= 0.6 is 0 Å². The van der Waals surface area contributed by atoms with Gasteiger partial charge in [0.05, 0.1) is 47.7 Å². The Morgan fingerprint density at radius 2 is 2.05 bits per heavy atom. The number of fused-ring (bicyclic) bond motifs is 2. The van der Waals surface area contributed by atoms with Gasteiger partial charge in [-0.15, -0.1) is 0 Å². The quantitative estimate of drug-likeness (QED) is 0.462. The molecule has 2 atom stereocenters. The Morgan fingerprint density at radius 1 is 1.20 bits per heavy atom. The number of nitrogens with one attached hydrogen (secondary N) is 2. The lowest BCUT2D eigenvalue weighted by atomic mass is 9.98. The van der Waals surface area contributed by atoms with Gasteiger partial charge in [0.25, 0.3) is 0 Å². The summed E-state index contributed by atoms with van der Waals surface area (Å²) in [7, 11) is 2.07. The molecule has 2 fully saturated rings. The predicted molar refractivity (Wildman–Crippen MR) is 148 cm³/mol. The van der Waals surface area contributed by atoms with Crippen molar-refractivity contribution in [2.24, 2.45) is 0 Å². The number of aromatic nitrogens is 4. The second kappa shape index (κ2) is 11.0. The molecule has 218 valence electrons. The summed E-state index contributed by atoms with van der Waals surface area (Å²) in [5.74, 6) is 0.752. The van der Waals surface area contributed by atoms with E-state index in [1.165, 1.54) is 19.2 Å². The van der Waals surface area contributed by atoms with Gasteiger partial charge < -0.3 is 24.8 Å². The van der Waals surface area contributed by atoms with Crippen LogP contribution in [0.5, 0.6) is 6.01 Å². The van der Waals surface area contributed by atoms with Gasteiger partial charge in [-0.05, 0) is 51.4 Å². The van der Waals surface area contributed by atoms with Crippen LogP contribution in [0, 0.1) is 18.3 Å². The fraction of sp³-hybridized carbons (Fsp3) is 0.571. The second-order valence-electron chi connectivity index (χ2n) is 11.2. The molecule has 10 nitrogen and oxygen atoms in total. The molecule has 3 aromatic rings. The zero-order valence-corrected chi connectivity index (χ0v) is 23.3. The average molecular weight is 570 g/mol. The van der Waals surface area contributed by atoms with Crippen LogP contribution in [0.2, 0.25) is 0 Å². The van der Waals surface area contributed by atoms with Crippen LogP contribution in [-0.4, -0.2) is 83.5 Å². The van der Waals surface area contributed by atoms with Crippen molar-refractivity contribution in [3.8, 4) is 12.1 Å². The number of likely N-dealkylation sites (tertiary alicyclic amines) is 1. The fourth-order valence-corrected chi connectivity index (χ4v) is 6.42. The number of ether oxygens (including phenoxy) is 1. The molecule has 2 N–H and O–H groups in total. The van der Waals surface area contributed by atoms with Crippen molar-refractivity contribution < 1.29 is 17.9 Å². The minimum atomic E-state index is -4.53. The summed E-state index contributed by atoms with van der Waals surface area (Å²) in [5.41, 5.74) is 1.78. The van der Waals surface area contributed by atoms with Gasteiger partial charge in [0.2, 0.25) is 0 Å². The molecule has 3 aliphatic heterocycles. The van der Waals surface area contributed by atoms with E-state index in [9.17, 15) is 18.4 Å². The van der Waals surface area contributed by atoms with E-state index < -0.39 is 11.7 Å². The Hall–Kier alpha value is -3.63. The maximum Gasteiger partial charge on any atom is 0.418 e. The largest absolute Gasteiger partial charge is 0.462 e. The van der Waals surface area contributed by atoms with E-state index in [4.69, 9.17) is 14.7 Å². The number of anilines is 2. The van der Waals surface area contributed by atoms with Crippen LogP contribution < -0.4 is 19.9 Å². The first-order valence-electron chi connectivity index (χ1n) is 14.1. The number of aryl methyl sites for hydroxylation is 1. The SMILES string of the molecule is Cc1cc2[nH]ncc2c(N2CCc3c(nc(OC[C@@H]4CCCN4C)nc3N3CCN[C@@H](CC#N)C3)C2)c1C(F)(F)F. The lowest BCUT2D eigenvalue weighted by Crippen LogP contribution is -2.51. The van der Waals surface area contributed by atoms with E-state index in [0.29, 0.717) is 62.2 Å².